The molecule has 2 aliphatic rings. The molecule has 0 aromatic heterocycles. The fraction of sp³-hybridized carbons (Fsp3) is 0.261. The third kappa shape index (κ3) is 4.15. The molecule has 2 aromatic carbocycles. The van der Waals surface area contributed by atoms with Gasteiger partial charge >= 0.3 is 11.7 Å². The molecule has 4 rings (SSSR count). The summed E-state index contributed by atoms with van der Waals surface area (Å²) in [6.45, 7) is 5.53. The van der Waals surface area contributed by atoms with E-state index < -0.39 is 17.2 Å². The van der Waals surface area contributed by atoms with E-state index in [9.17, 15) is 19.5 Å². The summed E-state index contributed by atoms with van der Waals surface area (Å²) in [6.07, 6.45) is 0.561. The molecule has 0 atom stereocenters. The standard InChI is InChI=1S/C23H23N5O4/c1-13-11-17-18(12-14(13)2)28(20-19(25-17)21(29)27-23(32)26-20)10-9-24-8-7-15-5-3-4-6-16(15)22(30)31/h3-6,11-12,24H,7-10H2,1-2H3,(H,30,31)(H,27,29,32). The van der Waals surface area contributed by atoms with Crippen molar-refractivity contribution in [1.82, 2.24) is 24.8 Å². The molecule has 0 unspecified atom stereocenters. The number of carboxylic acid groups (broad SMARTS) is 1. The van der Waals surface area contributed by atoms with Gasteiger partial charge in [-0.3, -0.25) is 9.78 Å². The highest BCUT2D eigenvalue weighted by atomic mass is 16.4. The van der Waals surface area contributed by atoms with Gasteiger partial charge in [0.25, 0.3) is 5.56 Å². The molecule has 9 heteroatoms. The topological polar surface area (TPSA) is 130 Å². The highest BCUT2D eigenvalue weighted by molar-refractivity contribution is 5.89. The summed E-state index contributed by atoms with van der Waals surface area (Å²) in [5.74, 6) is -0.700. The van der Waals surface area contributed by atoms with Crippen LogP contribution in [0.1, 0.15) is 27.0 Å². The third-order valence-corrected chi connectivity index (χ3v) is 5.56. The number of benzene rings is 2. The maximum atomic E-state index is 12.3. The Labute approximate surface area is 183 Å². The number of nitrogens with zero attached hydrogens (tertiary/aromatic N) is 3. The molecule has 0 aliphatic carbocycles. The van der Waals surface area contributed by atoms with E-state index >= 15 is 0 Å². The molecule has 2 aromatic rings. The lowest BCUT2D eigenvalue weighted by Crippen LogP contribution is -2.30. The van der Waals surface area contributed by atoms with Gasteiger partial charge in [-0.2, -0.15) is 4.98 Å². The number of nitrogens with one attached hydrogen (secondary N) is 2. The first-order valence-electron chi connectivity index (χ1n) is 10.3. The van der Waals surface area contributed by atoms with Crippen molar-refractivity contribution >= 4 is 17.0 Å². The highest BCUT2D eigenvalue weighted by Crippen LogP contribution is 2.23. The molecular weight excluding hydrogens is 410 g/mol. The smallest absolute Gasteiger partial charge is 0.349 e. The van der Waals surface area contributed by atoms with E-state index in [-0.39, 0.29) is 11.5 Å². The van der Waals surface area contributed by atoms with Crippen molar-refractivity contribution in [2.24, 2.45) is 0 Å². The van der Waals surface area contributed by atoms with Crippen LogP contribution in [0.15, 0.2) is 46.0 Å². The van der Waals surface area contributed by atoms with E-state index in [1.165, 1.54) is 0 Å². The number of carboxylic acids is 1. The minimum Gasteiger partial charge on any atom is -0.478 e. The lowest BCUT2D eigenvalue weighted by molar-refractivity contribution is 0.0695. The first-order chi connectivity index (χ1) is 15.3. The minimum atomic E-state index is -0.943. The summed E-state index contributed by atoms with van der Waals surface area (Å²) < 4.78 is 1.83. The van der Waals surface area contributed by atoms with Crippen molar-refractivity contribution in [2.45, 2.75) is 26.8 Å². The van der Waals surface area contributed by atoms with Gasteiger partial charge in [0, 0.05) is 13.1 Å². The van der Waals surface area contributed by atoms with Crippen LogP contribution in [0.3, 0.4) is 0 Å². The Morgan fingerprint density at radius 3 is 2.62 bits per heavy atom. The number of aryl methyl sites for hydroxylation is 2. The average molecular weight is 433 g/mol. The number of hydrogen-bond acceptors (Lipinski definition) is 6. The van der Waals surface area contributed by atoms with E-state index in [2.05, 4.69) is 20.3 Å². The molecular formula is C23H23N5O4. The fourth-order valence-electron chi connectivity index (χ4n) is 3.76. The molecule has 32 heavy (non-hydrogen) atoms. The third-order valence-electron chi connectivity index (χ3n) is 5.56. The largest absolute Gasteiger partial charge is 0.478 e. The van der Waals surface area contributed by atoms with Crippen LogP contribution in [-0.2, 0) is 13.0 Å². The Balaban J connectivity index is 1.59. The fourth-order valence-corrected chi connectivity index (χ4v) is 3.76. The van der Waals surface area contributed by atoms with Crippen LogP contribution in [0.5, 0.6) is 0 Å². The maximum Gasteiger partial charge on any atom is 0.349 e. The minimum absolute atomic E-state index is 0.121. The molecule has 0 amide bonds. The number of rotatable bonds is 7. The molecule has 0 saturated carbocycles. The molecule has 0 radical (unpaired) electrons. The predicted octanol–water partition coefficient (Wildman–Crippen LogP) is 1.73. The molecule has 164 valence electrons. The number of hydrogen-bond donors (Lipinski definition) is 3. The van der Waals surface area contributed by atoms with Crippen LogP contribution in [0.25, 0.3) is 22.6 Å². The van der Waals surface area contributed by atoms with Gasteiger partial charge in [-0.25, -0.2) is 14.6 Å². The number of aromatic carboxylic acids is 1. The van der Waals surface area contributed by atoms with E-state index in [1.807, 2.05) is 36.6 Å². The molecule has 0 fully saturated rings. The highest BCUT2D eigenvalue weighted by Gasteiger charge is 2.19. The van der Waals surface area contributed by atoms with Crippen LogP contribution in [0.2, 0.25) is 0 Å². The van der Waals surface area contributed by atoms with Gasteiger partial charge in [0.2, 0.25) is 0 Å². The maximum absolute atomic E-state index is 12.3. The van der Waals surface area contributed by atoms with Gasteiger partial charge in [0.1, 0.15) is 0 Å². The second-order valence-corrected chi connectivity index (χ2v) is 7.69. The zero-order valence-electron chi connectivity index (χ0n) is 17.8. The SMILES string of the molecule is Cc1cc2nc3c(=O)[nH]c(=O)nc-3n(CCNCCc3ccccc3C(=O)O)c2cc1C. The van der Waals surface area contributed by atoms with Crippen LogP contribution in [0.4, 0.5) is 0 Å². The summed E-state index contributed by atoms with van der Waals surface area (Å²) >= 11 is 0. The summed E-state index contributed by atoms with van der Waals surface area (Å²) in [5.41, 5.74) is 3.47. The monoisotopic (exact) mass is 433 g/mol. The van der Waals surface area contributed by atoms with Crippen molar-refractivity contribution in [3.05, 3.63) is 79.5 Å². The molecule has 9 nitrogen and oxygen atoms in total. The molecule has 0 spiro atoms. The summed E-state index contributed by atoms with van der Waals surface area (Å²) in [7, 11) is 0. The molecule has 2 heterocycles. The Bertz CT molecular complexity index is 1410. The summed E-state index contributed by atoms with van der Waals surface area (Å²) in [5, 5.41) is 12.6. The lowest BCUT2D eigenvalue weighted by Gasteiger charge is -2.18. The van der Waals surface area contributed by atoms with Gasteiger partial charge in [-0.15, -0.1) is 0 Å². The Kier molecular flexibility index (Phi) is 5.83. The van der Waals surface area contributed by atoms with E-state index in [4.69, 9.17) is 0 Å². The average Bonchev–Trinajstić information content (AvgIpc) is 2.75. The van der Waals surface area contributed by atoms with Crippen molar-refractivity contribution in [3.8, 4) is 11.5 Å². The van der Waals surface area contributed by atoms with Gasteiger partial charge in [-0.05, 0) is 61.7 Å². The number of carbonyl (C=O) groups is 1. The van der Waals surface area contributed by atoms with Gasteiger partial charge in [0.15, 0.2) is 11.5 Å². The number of H-pyrrole nitrogens is 1. The van der Waals surface area contributed by atoms with Crippen LogP contribution >= 0.6 is 0 Å². The van der Waals surface area contributed by atoms with E-state index in [0.717, 1.165) is 22.2 Å². The molecule has 3 N–H and O–H groups in total. The van der Waals surface area contributed by atoms with E-state index in [0.29, 0.717) is 37.1 Å². The predicted molar refractivity (Wildman–Crippen MR) is 120 cm³/mol. The summed E-state index contributed by atoms with van der Waals surface area (Å²) in [4.78, 5) is 46.2. The second kappa shape index (κ2) is 8.72. The second-order valence-electron chi connectivity index (χ2n) is 7.69. The first kappa shape index (κ1) is 21.4. The first-order valence-corrected chi connectivity index (χ1v) is 10.3. The number of aromatic nitrogens is 4. The molecule has 0 saturated heterocycles. The number of aromatic amines is 1. The van der Waals surface area contributed by atoms with Crippen LogP contribution < -0.4 is 16.6 Å². The number of fused-ring (bicyclic) bond motifs is 2. The normalized spacial score (nSPS) is 11.3. The van der Waals surface area contributed by atoms with Crippen LogP contribution in [-0.4, -0.2) is 43.7 Å². The van der Waals surface area contributed by atoms with E-state index in [1.54, 1.807) is 18.2 Å². The van der Waals surface area contributed by atoms with Crippen LogP contribution in [0, 0.1) is 13.8 Å². The van der Waals surface area contributed by atoms with Gasteiger partial charge < -0.3 is 15.0 Å². The zero-order chi connectivity index (χ0) is 22.8. The van der Waals surface area contributed by atoms with Gasteiger partial charge in [0.05, 0.1) is 16.6 Å². The molecule has 0 bridgehead atoms. The Morgan fingerprint density at radius 2 is 1.84 bits per heavy atom. The zero-order valence-corrected chi connectivity index (χ0v) is 17.8. The summed E-state index contributed by atoms with van der Waals surface area (Å²) in [6, 6.07) is 10.8. The van der Waals surface area contributed by atoms with Crippen molar-refractivity contribution < 1.29 is 9.90 Å². The quantitative estimate of drug-likeness (QED) is 0.299. The van der Waals surface area contributed by atoms with Crippen molar-refractivity contribution in [3.63, 3.8) is 0 Å². The van der Waals surface area contributed by atoms with Crippen molar-refractivity contribution in [1.29, 1.82) is 0 Å². The van der Waals surface area contributed by atoms with Crippen molar-refractivity contribution in [2.75, 3.05) is 13.1 Å². The molecule has 2 aliphatic heterocycles. The Morgan fingerprint density at radius 1 is 1.09 bits per heavy atom. The van der Waals surface area contributed by atoms with Gasteiger partial charge in [-0.1, -0.05) is 18.2 Å². The Hall–Kier alpha value is -3.85. The lowest BCUT2D eigenvalue weighted by atomic mass is 10.0.